The molecule has 0 amide bonds. The number of nitrogens with one attached hydrogen (secondary N) is 1. The Morgan fingerprint density at radius 3 is 2.58 bits per heavy atom. The van der Waals surface area contributed by atoms with Gasteiger partial charge in [0.05, 0.1) is 0 Å². The molecule has 0 aliphatic heterocycles. The SMILES string of the molecule is Fc1ccc(-c2nc(Nc3ccc(Cl)cc3)sc2-n2cncn2)c(F)c1. The molecule has 0 aliphatic carbocycles. The van der Waals surface area contributed by atoms with Crippen molar-refractivity contribution in [3.05, 3.63) is 71.8 Å². The summed E-state index contributed by atoms with van der Waals surface area (Å²) in [5, 5.41) is 8.93. The second-order valence-corrected chi connectivity index (χ2v) is 6.68. The number of rotatable bonds is 4. The van der Waals surface area contributed by atoms with Gasteiger partial charge in [0.15, 0.2) is 5.13 Å². The fourth-order valence-corrected chi connectivity index (χ4v) is 3.40. The summed E-state index contributed by atoms with van der Waals surface area (Å²) in [6.07, 6.45) is 2.86. The van der Waals surface area contributed by atoms with Crippen LogP contribution < -0.4 is 5.32 Å². The van der Waals surface area contributed by atoms with Gasteiger partial charge in [0.2, 0.25) is 0 Å². The van der Waals surface area contributed by atoms with Crippen molar-refractivity contribution in [1.82, 2.24) is 19.7 Å². The number of nitrogens with zero attached hydrogens (tertiary/aromatic N) is 4. The van der Waals surface area contributed by atoms with Crippen molar-refractivity contribution in [1.29, 1.82) is 0 Å². The first-order chi connectivity index (χ1) is 12.6. The molecule has 0 saturated heterocycles. The van der Waals surface area contributed by atoms with E-state index in [0.29, 0.717) is 20.8 Å². The second kappa shape index (κ2) is 6.81. The van der Waals surface area contributed by atoms with Crippen LogP contribution in [0.3, 0.4) is 0 Å². The monoisotopic (exact) mass is 389 g/mol. The highest BCUT2D eigenvalue weighted by Gasteiger charge is 2.19. The third-order valence-corrected chi connectivity index (χ3v) is 4.73. The van der Waals surface area contributed by atoms with Crippen LogP contribution in [0.1, 0.15) is 0 Å². The zero-order chi connectivity index (χ0) is 18.1. The summed E-state index contributed by atoms with van der Waals surface area (Å²) in [5.41, 5.74) is 1.30. The van der Waals surface area contributed by atoms with Crippen molar-refractivity contribution < 1.29 is 8.78 Å². The molecule has 9 heteroatoms. The van der Waals surface area contributed by atoms with E-state index in [1.165, 1.54) is 40.8 Å². The lowest BCUT2D eigenvalue weighted by Crippen LogP contribution is -1.96. The molecule has 0 aliphatic rings. The fourth-order valence-electron chi connectivity index (χ4n) is 2.35. The van der Waals surface area contributed by atoms with Gasteiger partial charge in [0, 0.05) is 22.3 Å². The Hall–Kier alpha value is -2.84. The second-order valence-electron chi connectivity index (χ2n) is 5.27. The summed E-state index contributed by atoms with van der Waals surface area (Å²) < 4.78 is 29.0. The highest BCUT2D eigenvalue weighted by Crippen LogP contribution is 2.36. The Labute approximate surface area is 155 Å². The average Bonchev–Trinajstić information content (AvgIpc) is 3.26. The van der Waals surface area contributed by atoms with E-state index < -0.39 is 11.6 Å². The van der Waals surface area contributed by atoms with Crippen LogP contribution in [0.15, 0.2) is 55.1 Å². The van der Waals surface area contributed by atoms with Crippen LogP contribution in [0.5, 0.6) is 0 Å². The molecule has 5 nitrogen and oxygen atoms in total. The first-order valence-corrected chi connectivity index (χ1v) is 8.63. The highest BCUT2D eigenvalue weighted by atomic mass is 35.5. The van der Waals surface area contributed by atoms with Gasteiger partial charge in [-0.05, 0) is 36.4 Å². The van der Waals surface area contributed by atoms with Gasteiger partial charge < -0.3 is 5.32 Å². The van der Waals surface area contributed by atoms with Crippen molar-refractivity contribution in [2.24, 2.45) is 0 Å². The van der Waals surface area contributed by atoms with Crippen LogP contribution in [-0.4, -0.2) is 19.7 Å². The Balaban J connectivity index is 1.79. The van der Waals surface area contributed by atoms with Crippen molar-refractivity contribution in [3.8, 4) is 16.3 Å². The Morgan fingerprint density at radius 1 is 1.08 bits per heavy atom. The zero-order valence-electron chi connectivity index (χ0n) is 13.0. The third kappa shape index (κ3) is 3.29. The van der Waals surface area contributed by atoms with Crippen LogP contribution >= 0.6 is 22.9 Å². The van der Waals surface area contributed by atoms with Gasteiger partial charge in [0.1, 0.15) is 35.0 Å². The van der Waals surface area contributed by atoms with Gasteiger partial charge in [-0.25, -0.2) is 23.4 Å². The molecule has 26 heavy (non-hydrogen) atoms. The molecule has 4 aromatic rings. The van der Waals surface area contributed by atoms with Crippen molar-refractivity contribution in [3.63, 3.8) is 0 Å². The van der Waals surface area contributed by atoms with Gasteiger partial charge in [-0.15, -0.1) is 0 Å². The Morgan fingerprint density at radius 2 is 1.88 bits per heavy atom. The van der Waals surface area contributed by atoms with Gasteiger partial charge in [-0.3, -0.25) is 0 Å². The fraction of sp³-hybridized carbons (Fsp3) is 0. The summed E-state index contributed by atoms with van der Waals surface area (Å²) in [7, 11) is 0. The van der Waals surface area contributed by atoms with E-state index in [4.69, 9.17) is 11.6 Å². The quantitative estimate of drug-likeness (QED) is 0.529. The first kappa shape index (κ1) is 16.6. The minimum atomic E-state index is -0.699. The molecule has 4 rings (SSSR count). The molecule has 0 radical (unpaired) electrons. The lowest BCUT2D eigenvalue weighted by molar-refractivity contribution is 0.585. The molecule has 2 aromatic carbocycles. The van der Waals surface area contributed by atoms with E-state index in [1.54, 1.807) is 24.3 Å². The van der Waals surface area contributed by atoms with E-state index in [9.17, 15) is 8.78 Å². The Kier molecular flexibility index (Phi) is 4.36. The number of benzene rings is 2. The number of hydrogen-bond acceptors (Lipinski definition) is 5. The molecule has 0 saturated carbocycles. The maximum atomic E-state index is 14.3. The molecule has 0 spiro atoms. The molecule has 1 N–H and O–H groups in total. The molecule has 2 heterocycles. The van der Waals surface area contributed by atoms with Crippen molar-refractivity contribution in [2.45, 2.75) is 0 Å². The summed E-state index contributed by atoms with van der Waals surface area (Å²) in [4.78, 5) is 8.38. The minimum absolute atomic E-state index is 0.178. The maximum Gasteiger partial charge on any atom is 0.189 e. The lowest BCUT2D eigenvalue weighted by Gasteiger charge is -2.03. The van der Waals surface area contributed by atoms with Crippen LogP contribution in [0.2, 0.25) is 5.02 Å². The third-order valence-electron chi connectivity index (χ3n) is 3.52. The van der Waals surface area contributed by atoms with Gasteiger partial charge >= 0.3 is 0 Å². The van der Waals surface area contributed by atoms with E-state index >= 15 is 0 Å². The summed E-state index contributed by atoms with van der Waals surface area (Å²) in [6, 6.07) is 10.5. The minimum Gasteiger partial charge on any atom is -0.331 e. The predicted molar refractivity (Wildman–Crippen MR) is 97.1 cm³/mol. The van der Waals surface area contributed by atoms with Gasteiger partial charge in [0.25, 0.3) is 0 Å². The van der Waals surface area contributed by atoms with Crippen molar-refractivity contribution in [2.75, 3.05) is 5.32 Å². The zero-order valence-corrected chi connectivity index (χ0v) is 14.6. The largest absolute Gasteiger partial charge is 0.331 e. The van der Waals surface area contributed by atoms with Crippen LogP contribution in [0.25, 0.3) is 16.3 Å². The topological polar surface area (TPSA) is 55.6 Å². The smallest absolute Gasteiger partial charge is 0.189 e. The molecule has 0 atom stereocenters. The molecular formula is C17H10ClF2N5S. The van der Waals surface area contributed by atoms with Crippen LogP contribution in [0, 0.1) is 11.6 Å². The molecule has 0 bridgehead atoms. The van der Waals surface area contributed by atoms with E-state index in [2.05, 4.69) is 20.4 Å². The molecule has 0 unspecified atom stereocenters. The molecule has 2 aromatic heterocycles. The Bertz CT molecular complexity index is 1050. The van der Waals surface area contributed by atoms with E-state index in [1.807, 2.05) is 0 Å². The van der Waals surface area contributed by atoms with Crippen LogP contribution in [0.4, 0.5) is 19.6 Å². The number of halogens is 3. The molecular weight excluding hydrogens is 380 g/mol. The van der Waals surface area contributed by atoms with E-state index in [-0.39, 0.29) is 5.56 Å². The molecule has 130 valence electrons. The average molecular weight is 390 g/mol. The summed E-state index contributed by atoms with van der Waals surface area (Å²) in [5.74, 6) is -1.35. The van der Waals surface area contributed by atoms with E-state index in [0.717, 1.165) is 11.8 Å². The number of hydrogen-bond donors (Lipinski definition) is 1. The summed E-state index contributed by atoms with van der Waals surface area (Å²) >= 11 is 7.16. The van der Waals surface area contributed by atoms with Gasteiger partial charge in [-0.2, -0.15) is 5.10 Å². The number of anilines is 2. The van der Waals surface area contributed by atoms with Crippen molar-refractivity contribution >= 4 is 33.8 Å². The standard InChI is InChI=1S/C17H10ClF2N5S/c18-10-1-4-12(5-2-10)23-17-24-15(13-6-3-11(19)7-14(13)20)16(26-17)25-9-21-8-22-25/h1-9H,(H,23,24). The normalized spacial score (nSPS) is 10.9. The van der Waals surface area contributed by atoms with Crippen LogP contribution in [-0.2, 0) is 0 Å². The number of thiazole rings is 1. The number of aromatic nitrogens is 4. The predicted octanol–water partition coefficient (Wildman–Crippen LogP) is 5.07. The first-order valence-electron chi connectivity index (χ1n) is 7.44. The molecule has 0 fully saturated rings. The maximum absolute atomic E-state index is 14.3. The highest BCUT2D eigenvalue weighted by molar-refractivity contribution is 7.18. The lowest BCUT2D eigenvalue weighted by atomic mass is 10.1. The summed E-state index contributed by atoms with van der Waals surface area (Å²) in [6.45, 7) is 0. The van der Waals surface area contributed by atoms with Gasteiger partial charge in [-0.1, -0.05) is 22.9 Å².